The molecule has 384 valence electrons. The van der Waals surface area contributed by atoms with Crippen LogP contribution in [0.1, 0.15) is 181 Å². The van der Waals surface area contributed by atoms with Crippen molar-refractivity contribution in [3.8, 4) is 0 Å². The standard InChI is InChI=1S/C51H90O15/c1-3-5-7-9-11-13-15-17-19-21-23-25-27-29-31-33-42(53)61-36-39(64-43(54)34-32-30-28-26-24-22-20-18-16-14-12-10-8-6-4-2)37-62-50-49(60)47(58)45(56)41(66-50)38-63-51-48(59)46(57)44(55)40(35-52)65-51/h12,14,18,20,23,25,39-41,44-52,55-60H,3-11,13,15-17,19,21-22,24,26-38H2,1-2H3/b14-12+,20-18+,25-23+/t39-,40-,41-,44+,45+,46?,47?,48?,49?,50-,51-/m1/s1. The first-order chi connectivity index (χ1) is 32.0. The van der Waals surface area contributed by atoms with Crippen molar-refractivity contribution in [2.45, 2.75) is 248 Å². The molecule has 66 heavy (non-hydrogen) atoms. The minimum Gasteiger partial charge on any atom is -0.462 e. The molecule has 15 nitrogen and oxygen atoms in total. The van der Waals surface area contributed by atoms with Crippen molar-refractivity contribution in [2.75, 3.05) is 26.4 Å². The second-order valence-corrected chi connectivity index (χ2v) is 18.0. The third-order valence-corrected chi connectivity index (χ3v) is 12.1. The molecule has 2 aliphatic rings. The largest absolute Gasteiger partial charge is 0.462 e. The van der Waals surface area contributed by atoms with Gasteiger partial charge < -0.3 is 64.2 Å². The molecule has 0 bridgehead atoms. The summed E-state index contributed by atoms with van der Waals surface area (Å²) >= 11 is 0. The number of rotatable bonds is 39. The third kappa shape index (κ3) is 26.5. The fraction of sp³-hybridized carbons (Fsp3) is 0.843. The Labute approximate surface area is 395 Å². The summed E-state index contributed by atoms with van der Waals surface area (Å²) in [5.74, 6) is -0.966. The molecule has 0 aromatic carbocycles. The van der Waals surface area contributed by atoms with Crippen LogP contribution >= 0.6 is 0 Å². The van der Waals surface area contributed by atoms with Crippen LogP contribution in [0.3, 0.4) is 0 Å². The predicted molar refractivity (Wildman–Crippen MR) is 252 cm³/mol. The zero-order valence-corrected chi connectivity index (χ0v) is 40.4. The van der Waals surface area contributed by atoms with Crippen molar-refractivity contribution in [2.24, 2.45) is 0 Å². The van der Waals surface area contributed by atoms with Crippen molar-refractivity contribution in [3.63, 3.8) is 0 Å². The van der Waals surface area contributed by atoms with Gasteiger partial charge in [0.15, 0.2) is 18.7 Å². The summed E-state index contributed by atoms with van der Waals surface area (Å²) in [5.41, 5.74) is 0. The molecular weight excluding hydrogens is 853 g/mol. The summed E-state index contributed by atoms with van der Waals surface area (Å²) in [5, 5.41) is 72.0. The van der Waals surface area contributed by atoms with Gasteiger partial charge in [0.1, 0.15) is 55.4 Å². The fourth-order valence-electron chi connectivity index (χ4n) is 7.83. The Morgan fingerprint density at radius 3 is 1.48 bits per heavy atom. The lowest BCUT2D eigenvalue weighted by Crippen LogP contribution is -2.61. The Morgan fingerprint density at radius 1 is 0.485 bits per heavy atom. The van der Waals surface area contributed by atoms with Gasteiger partial charge in [0, 0.05) is 12.8 Å². The van der Waals surface area contributed by atoms with E-state index in [0.717, 1.165) is 64.2 Å². The van der Waals surface area contributed by atoms with Gasteiger partial charge in [0.2, 0.25) is 0 Å². The molecule has 0 aliphatic carbocycles. The maximum atomic E-state index is 13.0. The van der Waals surface area contributed by atoms with Crippen molar-refractivity contribution in [1.82, 2.24) is 0 Å². The third-order valence-electron chi connectivity index (χ3n) is 12.1. The van der Waals surface area contributed by atoms with Crippen LogP contribution in [-0.4, -0.2) is 142 Å². The number of allylic oxidation sites excluding steroid dienone is 6. The second-order valence-electron chi connectivity index (χ2n) is 18.0. The first kappa shape index (κ1) is 59.8. The number of ether oxygens (including phenoxy) is 6. The minimum atomic E-state index is -1.77. The highest BCUT2D eigenvalue weighted by molar-refractivity contribution is 5.70. The van der Waals surface area contributed by atoms with E-state index in [2.05, 4.69) is 50.3 Å². The number of carbonyl (C=O) groups excluding carboxylic acids is 2. The van der Waals surface area contributed by atoms with Gasteiger partial charge >= 0.3 is 11.9 Å². The van der Waals surface area contributed by atoms with E-state index in [1.165, 1.54) is 77.0 Å². The molecule has 0 aromatic heterocycles. The van der Waals surface area contributed by atoms with Gasteiger partial charge in [-0.2, -0.15) is 0 Å². The van der Waals surface area contributed by atoms with Crippen LogP contribution in [0.4, 0.5) is 0 Å². The molecule has 0 radical (unpaired) electrons. The zero-order valence-electron chi connectivity index (χ0n) is 40.4. The average Bonchev–Trinajstić information content (AvgIpc) is 3.31. The van der Waals surface area contributed by atoms with E-state index >= 15 is 0 Å². The molecule has 0 aromatic rings. The summed E-state index contributed by atoms with van der Waals surface area (Å²) < 4.78 is 33.5. The summed E-state index contributed by atoms with van der Waals surface area (Å²) in [6, 6.07) is 0. The molecule has 2 fully saturated rings. The molecule has 2 heterocycles. The molecule has 0 amide bonds. The number of hydrogen-bond acceptors (Lipinski definition) is 15. The van der Waals surface area contributed by atoms with Gasteiger partial charge in [-0.25, -0.2) is 0 Å². The summed E-state index contributed by atoms with van der Waals surface area (Å²) in [6.07, 6.45) is 23.2. The number of aliphatic hydroxyl groups is 7. The number of hydrogen-bond donors (Lipinski definition) is 7. The molecule has 2 rings (SSSR count). The Hall–Kier alpha value is -2.28. The van der Waals surface area contributed by atoms with E-state index < -0.39 is 99.3 Å². The van der Waals surface area contributed by atoms with E-state index in [1.807, 2.05) is 0 Å². The van der Waals surface area contributed by atoms with Gasteiger partial charge in [-0.3, -0.25) is 9.59 Å². The van der Waals surface area contributed by atoms with E-state index in [-0.39, 0.29) is 19.4 Å². The highest BCUT2D eigenvalue weighted by Gasteiger charge is 2.47. The first-order valence-corrected chi connectivity index (χ1v) is 25.6. The van der Waals surface area contributed by atoms with Gasteiger partial charge in [-0.15, -0.1) is 0 Å². The maximum Gasteiger partial charge on any atom is 0.306 e. The Bertz CT molecular complexity index is 1290. The SMILES string of the molecule is CCCCC/C=C/C/C=C/CCCCCCCC(=O)O[C@H](COC(=O)CCCC/C=C/CCCCCCCCCCC)CO[C@@H]1O[C@H](CO[C@@H]2O[C@H](CO)[C@H](O)C(O)C2O)[C@H](O)C(O)C1O. The molecule has 0 saturated carbocycles. The number of unbranched alkanes of at least 4 members (excludes halogenated alkanes) is 19. The average molecular weight is 943 g/mol. The van der Waals surface area contributed by atoms with Crippen LogP contribution in [0.5, 0.6) is 0 Å². The van der Waals surface area contributed by atoms with Crippen molar-refractivity contribution < 1.29 is 73.8 Å². The topological polar surface area (TPSA) is 231 Å². The van der Waals surface area contributed by atoms with Crippen LogP contribution in [0.2, 0.25) is 0 Å². The lowest BCUT2D eigenvalue weighted by Gasteiger charge is -2.42. The fourth-order valence-corrected chi connectivity index (χ4v) is 7.83. The van der Waals surface area contributed by atoms with Crippen molar-refractivity contribution >= 4 is 11.9 Å². The Morgan fingerprint density at radius 2 is 0.909 bits per heavy atom. The summed E-state index contributed by atoms with van der Waals surface area (Å²) in [6.45, 7) is 2.52. The quantitative estimate of drug-likeness (QED) is 0.0188. The molecule has 4 unspecified atom stereocenters. The minimum absolute atomic E-state index is 0.145. The normalized spacial score (nSPS) is 26.4. The summed E-state index contributed by atoms with van der Waals surface area (Å²) in [4.78, 5) is 25.7. The van der Waals surface area contributed by atoms with Crippen molar-refractivity contribution in [1.29, 1.82) is 0 Å². The summed E-state index contributed by atoms with van der Waals surface area (Å²) in [7, 11) is 0. The van der Waals surface area contributed by atoms with Crippen LogP contribution in [0.15, 0.2) is 36.5 Å². The Balaban J connectivity index is 1.83. The van der Waals surface area contributed by atoms with E-state index in [1.54, 1.807) is 0 Å². The van der Waals surface area contributed by atoms with Crippen LogP contribution in [0, 0.1) is 0 Å². The van der Waals surface area contributed by atoms with E-state index in [4.69, 9.17) is 28.4 Å². The lowest BCUT2D eigenvalue weighted by atomic mass is 9.98. The molecule has 11 atom stereocenters. The smallest absolute Gasteiger partial charge is 0.306 e. The highest BCUT2D eigenvalue weighted by Crippen LogP contribution is 2.26. The number of aliphatic hydroxyl groups excluding tert-OH is 7. The van der Waals surface area contributed by atoms with E-state index in [9.17, 15) is 45.3 Å². The molecule has 0 spiro atoms. The maximum absolute atomic E-state index is 13.0. The van der Waals surface area contributed by atoms with Crippen LogP contribution in [0.25, 0.3) is 0 Å². The molecular formula is C51H90O15. The van der Waals surface area contributed by atoms with Crippen LogP contribution < -0.4 is 0 Å². The monoisotopic (exact) mass is 943 g/mol. The molecule has 7 N–H and O–H groups in total. The lowest BCUT2D eigenvalue weighted by molar-refractivity contribution is -0.332. The van der Waals surface area contributed by atoms with Crippen molar-refractivity contribution in [3.05, 3.63) is 36.5 Å². The Kier molecular flexibility index (Phi) is 35.0. The van der Waals surface area contributed by atoms with Gasteiger partial charge in [-0.05, 0) is 70.6 Å². The van der Waals surface area contributed by atoms with Crippen LogP contribution in [-0.2, 0) is 38.0 Å². The highest BCUT2D eigenvalue weighted by atomic mass is 16.7. The van der Waals surface area contributed by atoms with Gasteiger partial charge in [0.05, 0.1) is 19.8 Å². The molecule has 2 aliphatic heterocycles. The van der Waals surface area contributed by atoms with E-state index in [0.29, 0.717) is 12.8 Å². The molecule has 15 heteroatoms. The number of esters is 2. The zero-order chi connectivity index (χ0) is 48.2. The van der Waals surface area contributed by atoms with Gasteiger partial charge in [0.25, 0.3) is 0 Å². The number of carbonyl (C=O) groups is 2. The second kappa shape index (κ2) is 38.6. The molecule has 2 saturated heterocycles. The van der Waals surface area contributed by atoms with Gasteiger partial charge in [-0.1, -0.05) is 134 Å². The first-order valence-electron chi connectivity index (χ1n) is 25.6. The predicted octanol–water partition coefficient (Wildman–Crippen LogP) is 6.93.